The van der Waals surface area contributed by atoms with E-state index in [0.29, 0.717) is 11.5 Å². The molecule has 0 saturated carbocycles. The summed E-state index contributed by atoms with van der Waals surface area (Å²) >= 11 is 0. The molecule has 0 unspecified atom stereocenters. The predicted octanol–water partition coefficient (Wildman–Crippen LogP) is -0.242. The zero-order valence-electron chi connectivity index (χ0n) is 15.0. The summed E-state index contributed by atoms with van der Waals surface area (Å²) in [4.78, 5) is 23.2. The Morgan fingerprint density at radius 3 is 2.50 bits per heavy atom. The Bertz CT molecular complexity index is 1020. The molecule has 0 amide bonds. The van der Waals surface area contributed by atoms with Crippen LogP contribution in [0.4, 0.5) is 0 Å². The second-order valence-corrected chi connectivity index (χ2v) is 7.39. The first-order chi connectivity index (χ1) is 12.2. The maximum Gasteiger partial charge on any atom is 0.330 e. The third-order valence-corrected chi connectivity index (χ3v) is 5.12. The Hall–Kier alpha value is -2.59. The Morgan fingerprint density at radius 1 is 1.15 bits per heavy atom. The van der Waals surface area contributed by atoms with Gasteiger partial charge in [0, 0.05) is 26.8 Å². The molecule has 26 heavy (non-hydrogen) atoms. The van der Waals surface area contributed by atoms with Crippen LogP contribution in [0.5, 0.6) is 11.5 Å². The highest BCUT2D eigenvalue weighted by Crippen LogP contribution is 2.27. The van der Waals surface area contributed by atoms with Crippen LogP contribution < -0.4 is 25.4 Å². The first-order valence-electron chi connectivity index (χ1n) is 7.71. The van der Waals surface area contributed by atoms with E-state index in [-0.39, 0.29) is 13.2 Å². The van der Waals surface area contributed by atoms with E-state index in [1.54, 1.807) is 12.1 Å². The van der Waals surface area contributed by atoms with E-state index in [1.807, 2.05) is 13.0 Å². The van der Waals surface area contributed by atoms with Crippen molar-refractivity contribution in [1.29, 1.82) is 0 Å². The highest BCUT2D eigenvalue weighted by Gasteiger charge is 2.21. The Labute approximate surface area is 150 Å². The number of ether oxygens (including phenoxy) is 2. The Morgan fingerprint density at radius 2 is 1.85 bits per heavy atom. The molecule has 0 aliphatic carbocycles. The molecule has 0 spiro atoms. The molecule has 1 aromatic heterocycles. The smallest absolute Gasteiger partial charge is 0.330 e. The molecule has 0 fully saturated rings. The number of nitrogens with zero attached hydrogens (tertiary/aromatic N) is 2. The number of sulfonamides is 1. The molecule has 0 atom stereocenters. The van der Waals surface area contributed by atoms with Crippen molar-refractivity contribution in [2.24, 2.45) is 14.1 Å². The number of nitrogens with one attached hydrogen (secondary N) is 1. The maximum atomic E-state index is 12.3. The van der Waals surface area contributed by atoms with Gasteiger partial charge in [-0.05, 0) is 24.6 Å². The highest BCUT2D eigenvalue weighted by atomic mass is 32.2. The van der Waals surface area contributed by atoms with Gasteiger partial charge in [0.2, 0.25) is 10.0 Å². The van der Waals surface area contributed by atoms with Gasteiger partial charge < -0.3 is 14.0 Å². The monoisotopic (exact) mass is 383 g/mol. The molecule has 0 aliphatic heterocycles. The van der Waals surface area contributed by atoms with Crippen LogP contribution in [0.25, 0.3) is 0 Å². The normalized spacial score (nSPS) is 11.4. The fraction of sp³-hybridized carbons (Fsp3) is 0.375. The predicted molar refractivity (Wildman–Crippen MR) is 95.3 cm³/mol. The Balaban J connectivity index is 2.08. The van der Waals surface area contributed by atoms with E-state index in [9.17, 15) is 18.0 Å². The van der Waals surface area contributed by atoms with Crippen molar-refractivity contribution in [3.8, 4) is 11.5 Å². The number of hydrogen-bond donors (Lipinski definition) is 1. The van der Waals surface area contributed by atoms with Crippen molar-refractivity contribution < 1.29 is 17.9 Å². The van der Waals surface area contributed by atoms with Crippen LogP contribution in [-0.4, -0.2) is 37.8 Å². The van der Waals surface area contributed by atoms with Crippen molar-refractivity contribution in [2.45, 2.75) is 11.8 Å². The van der Waals surface area contributed by atoms with E-state index >= 15 is 0 Å². The molecule has 9 nitrogen and oxygen atoms in total. The average molecular weight is 383 g/mol. The van der Waals surface area contributed by atoms with Gasteiger partial charge in [0.15, 0.2) is 16.4 Å². The number of rotatable bonds is 7. The summed E-state index contributed by atoms with van der Waals surface area (Å²) in [6.45, 7) is 1.88. The van der Waals surface area contributed by atoms with Gasteiger partial charge in [-0.3, -0.25) is 9.36 Å². The third kappa shape index (κ3) is 4.14. The molecule has 2 rings (SSSR count). The van der Waals surface area contributed by atoms with Gasteiger partial charge in [-0.2, -0.15) is 0 Å². The molecular weight excluding hydrogens is 362 g/mol. The van der Waals surface area contributed by atoms with Crippen molar-refractivity contribution in [1.82, 2.24) is 13.9 Å². The van der Waals surface area contributed by atoms with E-state index in [0.717, 1.165) is 20.9 Å². The SMILES string of the molecule is COc1cc(C)ccc1OCCNS(=O)(=O)c1cn(C)c(=O)n(C)c1=O. The molecule has 0 radical (unpaired) electrons. The molecular formula is C16H21N3O6S. The molecule has 2 aromatic rings. The summed E-state index contributed by atoms with van der Waals surface area (Å²) in [6, 6.07) is 5.37. The van der Waals surface area contributed by atoms with Gasteiger partial charge in [0.25, 0.3) is 5.56 Å². The van der Waals surface area contributed by atoms with Crippen molar-refractivity contribution >= 4 is 10.0 Å². The molecule has 10 heteroatoms. The van der Waals surface area contributed by atoms with Crippen LogP contribution >= 0.6 is 0 Å². The van der Waals surface area contributed by atoms with Gasteiger partial charge in [-0.25, -0.2) is 17.9 Å². The molecule has 1 N–H and O–H groups in total. The lowest BCUT2D eigenvalue weighted by atomic mass is 10.2. The van der Waals surface area contributed by atoms with Crippen molar-refractivity contribution in [3.63, 3.8) is 0 Å². The van der Waals surface area contributed by atoms with Crippen LogP contribution in [-0.2, 0) is 24.1 Å². The minimum Gasteiger partial charge on any atom is -0.493 e. The van der Waals surface area contributed by atoms with Crippen LogP contribution in [0.15, 0.2) is 38.9 Å². The summed E-state index contributed by atoms with van der Waals surface area (Å²) < 4.78 is 39.4. The lowest BCUT2D eigenvalue weighted by molar-refractivity contribution is 0.298. The second-order valence-electron chi connectivity index (χ2n) is 5.65. The zero-order chi connectivity index (χ0) is 19.5. The minimum absolute atomic E-state index is 0.0325. The summed E-state index contributed by atoms with van der Waals surface area (Å²) in [7, 11) is 0.0172. The summed E-state index contributed by atoms with van der Waals surface area (Å²) in [5.41, 5.74) is -0.495. The van der Waals surface area contributed by atoms with Crippen molar-refractivity contribution in [3.05, 3.63) is 50.8 Å². The molecule has 1 aromatic carbocycles. The quantitative estimate of drug-likeness (QED) is 0.661. The Kier molecular flexibility index (Phi) is 5.88. The molecule has 142 valence electrons. The molecule has 1 heterocycles. The fourth-order valence-electron chi connectivity index (χ4n) is 2.27. The van der Waals surface area contributed by atoms with Crippen LogP contribution in [0.3, 0.4) is 0 Å². The van der Waals surface area contributed by atoms with Crippen LogP contribution in [0, 0.1) is 6.92 Å². The first kappa shape index (κ1) is 19.7. The fourth-order valence-corrected chi connectivity index (χ4v) is 3.44. The number of aryl methyl sites for hydroxylation is 2. The first-order valence-corrected chi connectivity index (χ1v) is 9.19. The summed E-state index contributed by atoms with van der Waals surface area (Å²) in [5, 5.41) is 0. The standard InChI is InChI=1S/C16H21N3O6S/c1-11-5-6-12(13(9-11)24-4)25-8-7-17-26(22,23)14-10-18(2)16(21)19(3)15(14)20/h5-6,9-10,17H,7-8H2,1-4H3. The van der Waals surface area contributed by atoms with E-state index in [1.165, 1.54) is 21.2 Å². The van der Waals surface area contributed by atoms with Gasteiger partial charge in [-0.1, -0.05) is 6.07 Å². The minimum atomic E-state index is -4.08. The summed E-state index contributed by atoms with van der Waals surface area (Å²) in [5.74, 6) is 1.02. The van der Waals surface area contributed by atoms with Gasteiger partial charge in [0.1, 0.15) is 6.61 Å². The highest BCUT2D eigenvalue weighted by molar-refractivity contribution is 7.89. The zero-order valence-corrected chi connectivity index (χ0v) is 15.8. The van der Waals surface area contributed by atoms with Gasteiger partial charge in [0.05, 0.1) is 7.11 Å². The largest absolute Gasteiger partial charge is 0.493 e. The number of benzene rings is 1. The second kappa shape index (κ2) is 7.75. The van der Waals surface area contributed by atoms with Crippen LogP contribution in [0.1, 0.15) is 5.56 Å². The number of hydrogen-bond acceptors (Lipinski definition) is 6. The van der Waals surface area contributed by atoms with Gasteiger partial charge >= 0.3 is 5.69 Å². The maximum absolute atomic E-state index is 12.3. The summed E-state index contributed by atoms with van der Waals surface area (Å²) in [6.07, 6.45) is 0.997. The lowest BCUT2D eigenvalue weighted by Crippen LogP contribution is -2.42. The van der Waals surface area contributed by atoms with Crippen LogP contribution in [0.2, 0.25) is 0 Å². The molecule has 0 saturated heterocycles. The third-order valence-electron chi connectivity index (χ3n) is 3.68. The van der Waals surface area contributed by atoms with E-state index in [4.69, 9.17) is 9.47 Å². The number of aromatic nitrogens is 2. The topological polar surface area (TPSA) is 109 Å². The van der Waals surface area contributed by atoms with Gasteiger partial charge in [-0.15, -0.1) is 0 Å². The van der Waals surface area contributed by atoms with E-state index < -0.39 is 26.2 Å². The average Bonchev–Trinajstić information content (AvgIpc) is 2.60. The van der Waals surface area contributed by atoms with Crippen molar-refractivity contribution in [2.75, 3.05) is 20.3 Å². The lowest BCUT2D eigenvalue weighted by Gasteiger charge is -2.12. The molecule has 0 aliphatic rings. The molecule has 0 bridgehead atoms. The number of methoxy groups -OCH3 is 1. The van der Waals surface area contributed by atoms with E-state index in [2.05, 4.69) is 4.72 Å².